The van der Waals surface area contributed by atoms with Gasteiger partial charge in [0.25, 0.3) is 0 Å². The van der Waals surface area contributed by atoms with Crippen LogP contribution in [0.15, 0.2) is 23.1 Å². The average molecular weight is 377 g/mol. The number of methoxy groups -OCH3 is 1. The van der Waals surface area contributed by atoms with Crippen molar-refractivity contribution < 1.29 is 17.9 Å². The van der Waals surface area contributed by atoms with Crippen LogP contribution < -0.4 is 10.5 Å². The van der Waals surface area contributed by atoms with Crippen molar-refractivity contribution in [1.29, 1.82) is 0 Å². The molecule has 0 heterocycles. The largest absolute Gasteiger partial charge is 0.465 e. The molecule has 1 aliphatic rings. The van der Waals surface area contributed by atoms with E-state index in [2.05, 4.69) is 4.72 Å². The Kier molecular flexibility index (Phi) is 7.66. The average Bonchev–Trinajstić information content (AvgIpc) is 2.54. The fraction of sp³-hybridized carbons (Fsp3) is 0.562. The molecular weight excluding hydrogens is 352 g/mol. The molecule has 0 spiro atoms. The van der Waals surface area contributed by atoms with Gasteiger partial charge in [-0.2, -0.15) is 0 Å². The number of nitrogens with two attached hydrogens (primary N) is 1. The molecule has 1 saturated carbocycles. The SMILES string of the molecule is COC(=O)c1cccc(S(=O)(=O)NC2CCCCC2CN)c1C.Cl. The number of hydrogen-bond acceptors (Lipinski definition) is 5. The van der Waals surface area contributed by atoms with Gasteiger partial charge in [-0.15, -0.1) is 12.4 Å². The van der Waals surface area contributed by atoms with E-state index in [1.54, 1.807) is 19.1 Å². The fourth-order valence-corrected chi connectivity index (χ4v) is 4.75. The van der Waals surface area contributed by atoms with E-state index in [1.807, 2.05) is 0 Å². The third-order valence-electron chi connectivity index (χ3n) is 4.50. The van der Waals surface area contributed by atoms with Gasteiger partial charge in [0.05, 0.1) is 17.6 Å². The van der Waals surface area contributed by atoms with Crippen molar-refractivity contribution in [3.8, 4) is 0 Å². The predicted molar refractivity (Wildman–Crippen MR) is 94.9 cm³/mol. The zero-order chi connectivity index (χ0) is 17.0. The number of esters is 1. The molecule has 1 aliphatic carbocycles. The van der Waals surface area contributed by atoms with Gasteiger partial charge in [0, 0.05) is 6.04 Å². The summed E-state index contributed by atoms with van der Waals surface area (Å²) in [5.74, 6) is -0.389. The summed E-state index contributed by atoms with van der Waals surface area (Å²) in [6, 6.07) is 4.46. The van der Waals surface area contributed by atoms with Crippen LogP contribution in [0.2, 0.25) is 0 Å². The number of carbonyl (C=O) groups excluding carboxylic acids is 1. The van der Waals surface area contributed by atoms with Crippen molar-refractivity contribution in [3.05, 3.63) is 29.3 Å². The van der Waals surface area contributed by atoms with Crippen molar-refractivity contribution in [2.45, 2.75) is 43.5 Å². The van der Waals surface area contributed by atoms with E-state index in [4.69, 9.17) is 10.5 Å². The molecule has 0 aromatic heterocycles. The predicted octanol–water partition coefficient (Wildman–Crippen LogP) is 2.00. The summed E-state index contributed by atoms with van der Waals surface area (Å²) in [6.45, 7) is 2.08. The van der Waals surface area contributed by atoms with E-state index < -0.39 is 16.0 Å². The topological polar surface area (TPSA) is 98.5 Å². The molecule has 136 valence electrons. The van der Waals surface area contributed by atoms with Gasteiger partial charge < -0.3 is 10.5 Å². The van der Waals surface area contributed by atoms with Crippen LogP contribution >= 0.6 is 12.4 Å². The second kappa shape index (κ2) is 8.80. The number of benzene rings is 1. The molecule has 0 saturated heterocycles. The van der Waals surface area contributed by atoms with E-state index in [-0.39, 0.29) is 34.8 Å². The number of carbonyl (C=O) groups is 1. The van der Waals surface area contributed by atoms with Gasteiger partial charge in [0.15, 0.2) is 0 Å². The Labute approximate surface area is 149 Å². The molecular formula is C16H25ClN2O4S. The number of rotatable bonds is 5. The molecule has 2 atom stereocenters. The van der Waals surface area contributed by atoms with Gasteiger partial charge in [-0.05, 0) is 49.9 Å². The summed E-state index contributed by atoms with van der Waals surface area (Å²) in [5.41, 5.74) is 6.42. The zero-order valence-electron chi connectivity index (χ0n) is 13.9. The maximum atomic E-state index is 12.7. The highest BCUT2D eigenvalue weighted by Crippen LogP contribution is 2.26. The lowest BCUT2D eigenvalue weighted by atomic mass is 9.85. The molecule has 1 aromatic carbocycles. The van der Waals surface area contributed by atoms with E-state index in [0.29, 0.717) is 12.1 Å². The highest BCUT2D eigenvalue weighted by atomic mass is 35.5. The smallest absolute Gasteiger partial charge is 0.338 e. The highest BCUT2D eigenvalue weighted by Gasteiger charge is 2.30. The van der Waals surface area contributed by atoms with Crippen LogP contribution in [0.25, 0.3) is 0 Å². The Hall–Kier alpha value is -1.15. The number of hydrogen-bond donors (Lipinski definition) is 2. The molecule has 0 radical (unpaired) electrons. The third kappa shape index (κ3) is 4.47. The highest BCUT2D eigenvalue weighted by molar-refractivity contribution is 7.89. The molecule has 3 N–H and O–H groups in total. The quantitative estimate of drug-likeness (QED) is 0.766. The number of nitrogens with one attached hydrogen (secondary N) is 1. The van der Waals surface area contributed by atoms with E-state index >= 15 is 0 Å². The van der Waals surface area contributed by atoms with Gasteiger partial charge >= 0.3 is 5.97 Å². The third-order valence-corrected chi connectivity index (χ3v) is 6.13. The van der Waals surface area contributed by atoms with Crippen LogP contribution in [-0.2, 0) is 14.8 Å². The minimum Gasteiger partial charge on any atom is -0.465 e. The molecule has 0 amide bonds. The maximum absolute atomic E-state index is 12.7. The summed E-state index contributed by atoms with van der Waals surface area (Å²) >= 11 is 0. The Morgan fingerprint density at radius 1 is 1.33 bits per heavy atom. The van der Waals surface area contributed by atoms with Crippen LogP contribution in [0.5, 0.6) is 0 Å². The van der Waals surface area contributed by atoms with Gasteiger partial charge in [-0.25, -0.2) is 17.9 Å². The first-order valence-electron chi connectivity index (χ1n) is 7.81. The summed E-state index contributed by atoms with van der Waals surface area (Å²) < 4.78 is 33.0. The monoisotopic (exact) mass is 376 g/mol. The van der Waals surface area contributed by atoms with E-state index in [9.17, 15) is 13.2 Å². The van der Waals surface area contributed by atoms with Crippen molar-refractivity contribution in [2.24, 2.45) is 11.7 Å². The second-order valence-electron chi connectivity index (χ2n) is 5.93. The minimum absolute atomic E-state index is 0. The lowest BCUT2D eigenvalue weighted by Gasteiger charge is -2.31. The standard InChI is InChI=1S/C16H24N2O4S.ClH/c1-11-13(16(19)22-2)7-5-9-15(11)23(20,21)18-14-8-4-3-6-12(14)10-17;/h5,7,9,12,14,18H,3-4,6,8,10,17H2,1-2H3;1H. The molecule has 2 rings (SSSR count). The Bertz CT molecular complexity index is 679. The summed E-state index contributed by atoms with van der Waals surface area (Å²) in [6.07, 6.45) is 3.80. The summed E-state index contributed by atoms with van der Waals surface area (Å²) in [4.78, 5) is 11.9. The molecule has 6 nitrogen and oxygen atoms in total. The van der Waals surface area contributed by atoms with Crippen molar-refractivity contribution in [2.75, 3.05) is 13.7 Å². The van der Waals surface area contributed by atoms with E-state index in [0.717, 1.165) is 25.7 Å². The fourth-order valence-electron chi connectivity index (χ4n) is 3.14. The van der Waals surface area contributed by atoms with Crippen molar-refractivity contribution in [3.63, 3.8) is 0 Å². The summed E-state index contributed by atoms with van der Waals surface area (Å²) in [5, 5.41) is 0. The molecule has 1 fully saturated rings. The molecule has 8 heteroatoms. The lowest BCUT2D eigenvalue weighted by Crippen LogP contribution is -2.44. The Morgan fingerprint density at radius 3 is 2.62 bits per heavy atom. The molecule has 0 bridgehead atoms. The van der Waals surface area contributed by atoms with Crippen LogP contribution in [0.1, 0.15) is 41.6 Å². The van der Waals surface area contributed by atoms with Crippen LogP contribution in [0.4, 0.5) is 0 Å². The van der Waals surface area contributed by atoms with Gasteiger partial charge in [0.2, 0.25) is 10.0 Å². The van der Waals surface area contributed by atoms with Crippen molar-refractivity contribution >= 4 is 28.4 Å². The van der Waals surface area contributed by atoms with E-state index in [1.165, 1.54) is 13.2 Å². The lowest BCUT2D eigenvalue weighted by molar-refractivity contribution is 0.0599. The molecule has 24 heavy (non-hydrogen) atoms. The van der Waals surface area contributed by atoms with Crippen LogP contribution in [0.3, 0.4) is 0 Å². The maximum Gasteiger partial charge on any atom is 0.338 e. The van der Waals surface area contributed by atoms with Crippen molar-refractivity contribution in [1.82, 2.24) is 4.72 Å². The second-order valence-corrected chi connectivity index (χ2v) is 7.61. The summed E-state index contributed by atoms with van der Waals surface area (Å²) in [7, 11) is -2.44. The first kappa shape index (κ1) is 20.9. The van der Waals surface area contributed by atoms with Gasteiger partial charge in [0.1, 0.15) is 0 Å². The molecule has 1 aromatic rings. The van der Waals surface area contributed by atoms with Gasteiger partial charge in [-0.1, -0.05) is 18.9 Å². The Morgan fingerprint density at radius 2 is 2.00 bits per heavy atom. The zero-order valence-corrected chi connectivity index (χ0v) is 15.6. The first-order chi connectivity index (χ1) is 10.9. The van der Waals surface area contributed by atoms with Gasteiger partial charge in [-0.3, -0.25) is 0 Å². The minimum atomic E-state index is -3.71. The van der Waals surface area contributed by atoms with Crippen LogP contribution in [0, 0.1) is 12.8 Å². The first-order valence-corrected chi connectivity index (χ1v) is 9.29. The normalized spacial score (nSPS) is 21.0. The number of ether oxygens (including phenoxy) is 1. The molecule has 0 aliphatic heterocycles. The Balaban J connectivity index is 0.00000288. The molecule has 2 unspecified atom stereocenters. The van der Waals surface area contributed by atoms with Crippen LogP contribution in [-0.4, -0.2) is 34.1 Å². The number of halogens is 1. The number of sulfonamides is 1.